The van der Waals surface area contributed by atoms with Crippen LogP contribution in [0.5, 0.6) is 0 Å². The standard InChI is InChI=1S/C21H27ClN4O2/c1-14(22)21(25(4)5,10-11-24(2)3)18-13-15(26(27)28)12-17-16-8-6-7-9-19(16)23-20(17)18/h6-9,12-14,23H,10-11H2,1-5H3. The summed E-state index contributed by atoms with van der Waals surface area (Å²) in [6, 6.07) is 11.2. The van der Waals surface area contributed by atoms with E-state index in [2.05, 4.69) is 14.8 Å². The van der Waals surface area contributed by atoms with E-state index in [1.807, 2.05) is 59.4 Å². The quantitative estimate of drug-likeness (QED) is 0.357. The van der Waals surface area contributed by atoms with Crippen LogP contribution in [0.15, 0.2) is 36.4 Å². The van der Waals surface area contributed by atoms with Gasteiger partial charge in [0.15, 0.2) is 0 Å². The average molecular weight is 403 g/mol. The summed E-state index contributed by atoms with van der Waals surface area (Å²) in [7, 11) is 8.01. The van der Waals surface area contributed by atoms with Gasteiger partial charge in [0.1, 0.15) is 0 Å². The first kappa shape index (κ1) is 20.6. The van der Waals surface area contributed by atoms with E-state index < -0.39 is 5.54 Å². The maximum Gasteiger partial charge on any atom is 0.270 e. The number of hydrogen-bond donors (Lipinski definition) is 1. The van der Waals surface area contributed by atoms with Crippen molar-refractivity contribution in [1.29, 1.82) is 0 Å². The predicted octanol–water partition coefficient (Wildman–Crippen LogP) is 4.57. The van der Waals surface area contributed by atoms with Crippen LogP contribution in [0.3, 0.4) is 0 Å². The molecule has 0 aliphatic carbocycles. The van der Waals surface area contributed by atoms with Crippen molar-refractivity contribution in [3.05, 3.63) is 52.1 Å². The van der Waals surface area contributed by atoms with Gasteiger partial charge in [0.25, 0.3) is 5.69 Å². The Labute approximate surface area is 170 Å². The number of nitro groups is 1. The molecule has 0 radical (unpaired) electrons. The van der Waals surface area contributed by atoms with Crippen molar-refractivity contribution >= 4 is 39.1 Å². The minimum Gasteiger partial charge on any atom is -0.354 e. The average Bonchev–Trinajstić information content (AvgIpc) is 3.00. The number of non-ortho nitro benzene ring substituents is 1. The number of aromatic nitrogens is 1. The molecule has 2 unspecified atom stereocenters. The van der Waals surface area contributed by atoms with Crippen molar-refractivity contribution in [2.75, 3.05) is 34.7 Å². The van der Waals surface area contributed by atoms with Crippen LogP contribution in [-0.4, -0.2) is 59.8 Å². The molecule has 0 fully saturated rings. The maximum absolute atomic E-state index is 11.7. The number of rotatable bonds is 7. The summed E-state index contributed by atoms with van der Waals surface area (Å²) in [5, 5.41) is 13.3. The number of benzene rings is 2. The van der Waals surface area contributed by atoms with Crippen LogP contribution in [0.1, 0.15) is 18.9 Å². The second kappa shape index (κ2) is 7.70. The Balaban J connectivity index is 2.41. The highest BCUT2D eigenvalue weighted by Gasteiger charge is 2.42. The molecule has 1 heterocycles. The van der Waals surface area contributed by atoms with Gasteiger partial charge in [-0.1, -0.05) is 18.2 Å². The fourth-order valence-corrected chi connectivity index (χ4v) is 4.57. The van der Waals surface area contributed by atoms with E-state index in [1.165, 1.54) is 0 Å². The SMILES string of the molecule is CC(Cl)C(CCN(C)C)(c1cc([N+](=O)[O-])cc2c1[nH]c1ccccc12)N(C)C. The molecule has 7 heteroatoms. The molecule has 0 spiro atoms. The van der Waals surface area contributed by atoms with Gasteiger partial charge in [-0.25, -0.2) is 0 Å². The van der Waals surface area contributed by atoms with Gasteiger partial charge in [-0.05, 0) is 54.1 Å². The molecule has 2 aromatic carbocycles. The van der Waals surface area contributed by atoms with Crippen LogP contribution >= 0.6 is 11.6 Å². The second-order valence-corrected chi connectivity index (χ2v) is 8.49. The van der Waals surface area contributed by atoms with E-state index in [1.54, 1.807) is 12.1 Å². The highest BCUT2D eigenvalue weighted by Crippen LogP contribution is 2.43. The smallest absolute Gasteiger partial charge is 0.270 e. The fourth-order valence-electron chi connectivity index (χ4n) is 4.14. The van der Waals surface area contributed by atoms with Crippen LogP contribution < -0.4 is 0 Å². The monoisotopic (exact) mass is 402 g/mol. The molecule has 150 valence electrons. The van der Waals surface area contributed by atoms with Crippen molar-refractivity contribution in [3.63, 3.8) is 0 Å². The Bertz CT molecular complexity index is 1000. The zero-order chi connectivity index (χ0) is 20.6. The fraction of sp³-hybridized carbons (Fsp3) is 0.429. The van der Waals surface area contributed by atoms with E-state index in [0.29, 0.717) is 0 Å². The maximum atomic E-state index is 11.7. The number of aromatic amines is 1. The molecular formula is C21H27ClN4O2. The van der Waals surface area contributed by atoms with Crippen LogP contribution in [0, 0.1) is 10.1 Å². The molecule has 0 aliphatic rings. The predicted molar refractivity (Wildman–Crippen MR) is 116 cm³/mol. The Morgan fingerprint density at radius 3 is 2.43 bits per heavy atom. The molecular weight excluding hydrogens is 376 g/mol. The molecule has 3 aromatic rings. The van der Waals surface area contributed by atoms with E-state index in [0.717, 1.165) is 40.3 Å². The lowest BCUT2D eigenvalue weighted by molar-refractivity contribution is -0.384. The highest BCUT2D eigenvalue weighted by atomic mass is 35.5. The van der Waals surface area contributed by atoms with Gasteiger partial charge in [0.2, 0.25) is 0 Å². The van der Waals surface area contributed by atoms with Crippen molar-refractivity contribution in [2.24, 2.45) is 0 Å². The topological polar surface area (TPSA) is 65.4 Å². The van der Waals surface area contributed by atoms with Gasteiger partial charge in [0.05, 0.1) is 21.4 Å². The second-order valence-electron chi connectivity index (χ2n) is 7.83. The summed E-state index contributed by atoms with van der Waals surface area (Å²) in [5.74, 6) is 0. The molecule has 0 amide bonds. The van der Waals surface area contributed by atoms with Gasteiger partial charge in [0, 0.05) is 34.0 Å². The third-order valence-corrected chi connectivity index (χ3v) is 6.03. The Kier molecular flexibility index (Phi) is 5.66. The molecule has 3 rings (SSSR count). The molecule has 0 bridgehead atoms. The number of alkyl halides is 1. The molecule has 1 N–H and O–H groups in total. The van der Waals surface area contributed by atoms with Crippen LogP contribution in [0.25, 0.3) is 21.8 Å². The van der Waals surface area contributed by atoms with E-state index in [9.17, 15) is 10.1 Å². The first-order valence-corrected chi connectivity index (χ1v) is 9.77. The van der Waals surface area contributed by atoms with E-state index in [4.69, 9.17) is 11.6 Å². The summed E-state index contributed by atoms with van der Waals surface area (Å²) < 4.78 is 0. The Morgan fingerprint density at radius 2 is 1.86 bits per heavy atom. The lowest BCUT2D eigenvalue weighted by Gasteiger charge is -2.43. The summed E-state index contributed by atoms with van der Waals surface area (Å²) in [6.45, 7) is 2.77. The summed E-state index contributed by atoms with van der Waals surface area (Å²) >= 11 is 6.80. The first-order valence-electron chi connectivity index (χ1n) is 9.34. The lowest BCUT2D eigenvalue weighted by Crippen LogP contribution is -2.49. The number of nitrogens with zero attached hydrogens (tertiary/aromatic N) is 3. The number of para-hydroxylation sites is 1. The number of nitro benzene ring substituents is 1. The highest BCUT2D eigenvalue weighted by molar-refractivity contribution is 6.21. The zero-order valence-corrected chi connectivity index (χ0v) is 17.7. The van der Waals surface area contributed by atoms with Crippen LogP contribution in [-0.2, 0) is 5.54 Å². The molecule has 0 saturated carbocycles. The van der Waals surface area contributed by atoms with Crippen LogP contribution in [0.4, 0.5) is 5.69 Å². The first-order chi connectivity index (χ1) is 13.2. The number of fused-ring (bicyclic) bond motifs is 3. The third-order valence-electron chi connectivity index (χ3n) is 5.67. The van der Waals surface area contributed by atoms with Gasteiger partial charge in [-0.15, -0.1) is 11.6 Å². The van der Waals surface area contributed by atoms with Crippen molar-refractivity contribution < 1.29 is 4.92 Å². The van der Waals surface area contributed by atoms with Gasteiger partial charge >= 0.3 is 0 Å². The van der Waals surface area contributed by atoms with E-state index >= 15 is 0 Å². The number of H-pyrrole nitrogens is 1. The molecule has 28 heavy (non-hydrogen) atoms. The molecule has 6 nitrogen and oxygen atoms in total. The Morgan fingerprint density at radius 1 is 1.18 bits per heavy atom. The molecule has 2 atom stereocenters. The minimum absolute atomic E-state index is 0.0839. The minimum atomic E-state index is -0.572. The number of hydrogen-bond acceptors (Lipinski definition) is 4. The normalized spacial score (nSPS) is 15.4. The number of nitrogens with one attached hydrogen (secondary N) is 1. The van der Waals surface area contributed by atoms with Crippen molar-refractivity contribution in [2.45, 2.75) is 24.3 Å². The zero-order valence-electron chi connectivity index (χ0n) is 17.0. The summed E-state index contributed by atoms with van der Waals surface area (Å²) in [5.41, 5.74) is 2.24. The van der Waals surface area contributed by atoms with Crippen molar-refractivity contribution in [1.82, 2.24) is 14.8 Å². The van der Waals surface area contributed by atoms with Gasteiger partial charge < -0.3 is 9.88 Å². The molecule has 1 aromatic heterocycles. The van der Waals surface area contributed by atoms with Crippen LogP contribution in [0.2, 0.25) is 0 Å². The van der Waals surface area contributed by atoms with Gasteiger partial charge in [-0.3, -0.25) is 15.0 Å². The summed E-state index contributed by atoms with van der Waals surface area (Å²) in [6.07, 6.45) is 0.739. The van der Waals surface area contributed by atoms with Gasteiger partial charge in [-0.2, -0.15) is 0 Å². The molecule has 0 saturated heterocycles. The number of halogens is 1. The largest absolute Gasteiger partial charge is 0.354 e. The lowest BCUT2D eigenvalue weighted by atomic mass is 9.81. The van der Waals surface area contributed by atoms with E-state index in [-0.39, 0.29) is 16.0 Å². The Hall–Kier alpha value is -2.15. The molecule has 0 aliphatic heterocycles. The van der Waals surface area contributed by atoms with Crippen molar-refractivity contribution in [3.8, 4) is 0 Å². The third kappa shape index (κ3) is 3.36. The summed E-state index contributed by atoms with van der Waals surface area (Å²) in [4.78, 5) is 19.1.